The molecule has 0 aliphatic carbocycles. The molecule has 0 spiro atoms. The molecule has 2 N–H and O–H groups in total. The Hall–Kier alpha value is -0.830. The first-order chi connectivity index (χ1) is 6.47. The van der Waals surface area contributed by atoms with Crippen molar-refractivity contribution < 1.29 is 4.79 Å². The van der Waals surface area contributed by atoms with Crippen molar-refractivity contribution in [2.45, 2.75) is 39.7 Å². The van der Waals surface area contributed by atoms with Gasteiger partial charge >= 0.3 is 0 Å². The molecule has 0 bridgehead atoms. The number of carbonyl (C=O) groups is 1. The molecule has 0 heterocycles. The number of hydrogen-bond donors (Lipinski definition) is 1. The molecule has 0 aromatic carbocycles. The lowest BCUT2D eigenvalue weighted by molar-refractivity contribution is -0.130. The molecule has 0 aromatic rings. The summed E-state index contributed by atoms with van der Waals surface area (Å²) in [6.07, 6.45) is 1.30. The fourth-order valence-electron chi connectivity index (χ4n) is 1.21. The molecule has 0 aliphatic rings. The standard InChI is InChI=1S/C11H22N2O/c1-5-13(8-9(2)3)11(14)7-6-10(4)12/h10H,2,5-8,12H2,1,3-4H3. The Morgan fingerprint density at radius 2 is 2.14 bits per heavy atom. The van der Waals surface area contributed by atoms with Crippen molar-refractivity contribution in [1.82, 2.24) is 4.90 Å². The fraction of sp³-hybridized carbons (Fsp3) is 0.727. The zero-order valence-corrected chi connectivity index (χ0v) is 9.55. The first-order valence-corrected chi connectivity index (χ1v) is 5.15. The van der Waals surface area contributed by atoms with Gasteiger partial charge in [0.25, 0.3) is 0 Å². The van der Waals surface area contributed by atoms with Gasteiger partial charge in [0, 0.05) is 25.6 Å². The van der Waals surface area contributed by atoms with Crippen molar-refractivity contribution in [2.75, 3.05) is 13.1 Å². The molecule has 82 valence electrons. The number of hydrogen-bond acceptors (Lipinski definition) is 2. The molecule has 0 aromatic heterocycles. The van der Waals surface area contributed by atoms with E-state index in [-0.39, 0.29) is 11.9 Å². The van der Waals surface area contributed by atoms with Gasteiger partial charge < -0.3 is 10.6 Å². The van der Waals surface area contributed by atoms with E-state index in [0.29, 0.717) is 13.0 Å². The van der Waals surface area contributed by atoms with E-state index in [1.165, 1.54) is 0 Å². The smallest absolute Gasteiger partial charge is 0.222 e. The number of amides is 1. The minimum atomic E-state index is 0.0995. The van der Waals surface area contributed by atoms with Crippen molar-refractivity contribution in [2.24, 2.45) is 5.73 Å². The van der Waals surface area contributed by atoms with Crippen molar-refractivity contribution >= 4 is 5.91 Å². The predicted octanol–water partition coefficient (Wildman–Crippen LogP) is 1.54. The summed E-state index contributed by atoms with van der Waals surface area (Å²) in [5, 5.41) is 0. The van der Waals surface area contributed by atoms with Crippen molar-refractivity contribution in [3.8, 4) is 0 Å². The van der Waals surface area contributed by atoms with E-state index >= 15 is 0 Å². The molecule has 0 aliphatic heterocycles. The van der Waals surface area contributed by atoms with Gasteiger partial charge in [0.2, 0.25) is 5.91 Å². The molecule has 14 heavy (non-hydrogen) atoms. The Balaban J connectivity index is 3.98. The van der Waals surface area contributed by atoms with Crippen LogP contribution in [0, 0.1) is 0 Å². The van der Waals surface area contributed by atoms with Crippen molar-refractivity contribution in [1.29, 1.82) is 0 Å². The van der Waals surface area contributed by atoms with Gasteiger partial charge in [0.05, 0.1) is 0 Å². The second-order valence-corrected chi connectivity index (χ2v) is 3.88. The van der Waals surface area contributed by atoms with E-state index < -0.39 is 0 Å². The summed E-state index contributed by atoms with van der Waals surface area (Å²) in [4.78, 5) is 13.5. The van der Waals surface area contributed by atoms with Crippen LogP contribution in [0.2, 0.25) is 0 Å². The van der Waals surface area contributed by atoms with Gasteiger partial charge in [-0.3, -0.25) is 4.79 Å². The Kier molecular flexibility index (Phi) is 6.21. The summed E-state index contributed by atoms with van der Waals surface area (Å²) in [7, 11) is 0. The summed E-state index contributed by atoms with van der Waals surface area (Å²) in [6.45, 7) is 11.0. The third kappa shape index (κ3) is 5.75. The summed E-state index contributed by atoms with van der Waals surface area (Å²) in [6, 6.07) is 0.0995. The van der Waals surface area contributed by atoms with Crippen LogP contribution in [0.5, 0.6) is 0 Å². The largest absolute Gasteiger partial charge is 0.339 e. The molecular weight excluding hydrogens is 176 g/mol. The molecule has 3 nitrogen and oxygen atoms in total. The van der Waals surface area contributed by atoms with Gasteiger partial charge in [0.15, 0.2) is 0 Å². The first kappa shape index (κ1) is 13.2. The first-order valence-electron chi connectivity index (χ1n) is 5.15. The van der Waals surface area contributed by atoms with Crippen LogP contribution in [0.3, 0.4) is 0 Å². The highest BCUT2D eigenvalue weighted by atomic mass is 16.2. The fourth-order valence-corrected chi connectivity index (χ4v) is 1.21. The van der Waals surface area contributed by atoms with Gasteiger partial charge in [-0.1, -0.05) is 12.2 Å². The molecule has 0 rings (SSSR count). The van der Waals surface area contributed by atoms with Crippen LogP contribution in [0.1, 0.15) is 33.6 Å². The summed E-state index contributed by atoms with van der Waals surface area (Å²) >= 11 is 0. The zero-order chi connectivity index (χ0) is 11.1. The average molecular weight is 198 g/mol. The average Bonchev–Trinajstić information content (AvgIpc) is 2.09. The number of nitrogens with zero attached hydrogens (tertiary/aromatic N) is 1. The zero-order valence-electron chi connectivity index (χ0n) is 9.55. The second-order valence-electron chi connectivity index (χ2n) is 3.88. The quantitative estimate of drug-likeness (QED) is 0.658. The van der Waals surface area contributed by atoms with Crippen LogP contribution >= 0.6 is 0 Å². The van der Waals surface area contributed by atoms with Gasteiger partial charge in [0.1, 0.15) is 0 Å². The van der Waals surface area contributed by atoms with Gasteiger partial charge in [-0.15, -0.1) is 0 Å². The normalized spacial score (nSPS) is 12.3. The molecule has 1 unspecified atom stereocenters. The SMILES string of the molecule is C=C(C)CN(CC)C(=O)CCC(C)N. The second kappa shape index (κ2) is 6.60. The maximum absolute atomic E-state index is 11.6. The summed E-state index contributed by atoms with van der Waals surface area (Å²) < 4.78 is 0. The highest BCUT2D eigenvalue weighted by Crippen LogP contribution is 2.02. The predicted molar refractivity (Wildman–Crippen MR) is 60.0 cm³/mol. The van der Waals surface area contributed by atoms with Crippen LogP contribution in [0.4, 0.5) is 0 Å². The van der Waals surface area contributed by atoms with Crippen molar-refractivity contribution in [3.63, 3.8) is 0 Å². The molecule has 3 heteroatoms. The topological polar surface area (TPSA) is 46.3 Å². The highest BCUT2D eigenvalue weighted by Gasteiger charge is 2.11. The van der Waals surface area contributed by atoms with Crippen LogP contribution in [0.15, 0.2) is 12.2 Å². The highest BCUT2D eigenvalue weighted by molar-refractivity contribution is 5.76. The molecule has 1 atom stereocenters. The lowest BCUT2D eigenvalue weighted by Gasteiger charge is -2.21. The molecule has 0 fully saturated rings. The van der Waals surface area contributed by atoms with Crippen LogP contribution in [-0.2, 0) is 4.79 Å². The van der Waals surface area contributed by atoms with E-state index in [4.69, 9.17) is 5.73 Å². The van der Waals surface area contributed by atoms with E-state index in [9.17, 15) is 4.79 Å². The van der Waals surface area contributed by atoms with E-state index in [1.54, 1.807) is 0 Å². The number of carbonyl (C=O) groups excluding carboxylic acids is 1. The lowest BCUT2D eigenvalue weighted by atomic mass is 10.1. The number of likely N-dealkylation sites (N-methyl/N-ethyl adjacent to an activating group) is 1. The third-order valence-electron chi connectivity index (χ3n) is 2.01. The molecule has 1 amide bonds. The van der Waals surface area contributed by atoms with Gasteiger partial charge in [-0.2, -0.15) is 0 Å². The Morgan fingerprint density at radius 1 is 1.57 bits per heavy atom. The molecule has 0 saturated carbocycles. The maximum Gasteiger partial charge on any atom is 0.222 e. The van der Waals surface area contributed by atoms with Gasteiger partial charge in [-0.05, 0) is 27.2 Å². The summed E-state index contributed by atoms with van der Waals surface area (Å²) in [5.74, 6) is 0.174. The van der Waals surface area contributed by atoms with Crippen LogP contribution in [0.25, 0.3) is 0 Å². The van der Waals surface area contributed by atoms with Crippen LogP contribution < -0.4 is 5.73 Å². The third-order valence-corrected chi connectivity index (χ3v) is 2.01. The molecular formula is C11H22N2O. The van der Waals surface area contributed by atoms with Gasteiger partial charge in [-0.25, -0.2) is 0 Å². The molecule has 0 radical (unpaired) electrons. The van der Waals surface area contributed by atoms with E-state index in [2.05, 4.69) is 6.58 Å². The summed E-state index contributed by atoms with van der Waals surface area (Å²) in [5.41, 5.74) is 6.61. The minimum Gasteiger partial charge on any atom is -0.339 e. The van der Waals surface area contributed by atoms with E-state index in [1.807, 2.05) is 25.7 Å². The Labute approximate surface area is 87.0 Å². The minimum absolute atomic E-state index is 0.0995. The monoisotopic (exact) mass is 198 g/mol. The molecule has 0 saturated heterocycles. The Morgan fingerprint density at radius 3 is 2.50 bits per heavy atom. The Bertz CT molecular complexity index is 199. The van der Waals surface area contributed by atoms with Crippen LogP contribution in [-0.4, -0.2) is 29.9 Å². The van der Waals surface area contributed by atoms with Crippen molar-refractivity contribution in [3.05, 3.63) is 12.2 Å². The number of rotatable bonds is 6. The van der Waals surface area contributed by atoms with E-state index in [0.717, 1.165) is 18.5 Å². The number of nitrogens with two attached hydrogens (primary N) is 1. The maximum atomic E-state index is 11.6. The lowest BCUT2D eigenvalue weighted by Crippen LogP contribution is -2.33.